The summed E-state index contributed by atoms with van der Waals surface area (Å²) in [4.78, 5) is 34.7. The SMILES string of the molecule is CCOC(=O)C(Cc1ccc(O)cc1)NC(=O)c1cccc([N+](=O)[O-])c1O. The van der Waals surface area contributed by atoms with Crippen molar-refractivity contribution in [3.05, 3.63) is 63.7 Å². The van der Waals surface area contributed by atoms with Crippen LogP contribution in [0.4, 0.5) is 5.69 Å². The van der Waals surface area contributed by atoms with E-state index < -0.39 is 34.3 Å². The van der Waals surface area contributed by atoms with E-state index in [0.717, 1.165) is 6.07 Å². The molecule has 1 amide bonds. The predicted molar refractivity (Wildman–Crippen MR) is 94.5 cm³/mol. The summed E-state index contributed by atoms with van der Waals surface area (Å²) in [6, 6.07) is 8.48. The predicted octanol–water partition coefficient (Wildman–Crippen LogP) is 1.91. The van der Waals surface area contributed by atoms with Crippen LogP contribution in [0, 0.1) is 10.1 Å². The zero-order valence-corrected chi connectivity index (χ0v) is 14.4. The highest BCUT2D eigenvalue weighted by atomic mass is 16.6. The van der Waals surface area contributed by atoms with Crippen LogP contribution >= 0.6 is 0 Å². The van der Waals surface area contributed by atoms with Gasteiger partial charge in [0.15, 0.2) is 0 Å². The number of nitrogens with one attached hydrogen (secondary N) is 1. The van der Waals surface area contributed by atoms with Gasteiger partial charge in [-0.1, -0.05) is 18.2 Å². The molecule has 2 aromatic rings. The molecule has 2 rings (SSSR count). The Kier molecular flexibility index (Phi) is 6.32. The molecule has 0 aliphatic carbocycles. The van der Waals surface area contributed by atoms with Crippen molar-refractivity contribution in [3.8, 4) is 11.5 Å². The lowest BCUT2D eigenvalue weighted by atomic mass is 10.0. The number of hydrogen-bond acceptors (Lipinski definition) is 7. The van der Waals surface area contributed by atoms with Crippen molar-refractivity contribution < 1.29 is 29.5 Å². The maximum atomic E-state index is 12.5. The molecular formula is C18H18N2O7. The number of carbonyl (C=O) groups is 2. The van der Waals surface area contributed by atoms with Gasteiger partial charge in [0, 0.05) is 12.5 Å². The zero-order chi connectivity index (χ0) is 20.0. The van der Waals surface area contributed by atoms with E-state index in [1.807, 2.05) is 0 Å². The molecule has 0 aliphatic rings. The molecule has 9 heteroatoms. The first-order chi connectivity index (χ1) is 12.8. The number of aromatic hydroxyl groups is 2. The van der Waals surface area contributed by atoms with Crippen LogP contribution in [0.1, 0.15) is 22.8 Å². The molecule has 0 saturated heterocycles. The molecule has 142 valence electrons. The molecule has 0 aliphatic heterocycles. The van der Waals surface area contributed by atoms with E-state index in [1.54, 1.807) is 19.1 Å². The molecule has 0 fully saturated rings. The highest BCUT2D eigenvalue weighted by molar-refractivity contribution is 6.00. The average molecular weight is 374 g/mol. The summed E-state index contributed by atoms with van der Waals surface area (Å²) < 4.78 is 4.96. The van der Waals surface area contributed by atoms with Crippen LogP contribution in [-0.4, -0.2) is 39.7 Å². The van der Waals surface area contributed by atoms with Gasteiger partial charge in [-0.3, -0.25) is 14.9 Å². The van der Waals surface area contributed by atoms with Crippen molar-refractivity contribution in [3.63, 3.8) is 0 Å². The van der Waals surface area contributed by atoms with Gasteiger partial charge in [0.1, 0.15) is 11.8 Å². The molecular weight excluding hydrogens is 356 g/mol. The van der Waals surface area contributed by atoms with E-state index in [1.165, 1.54) is 24.3 Å². The number of nitrogens with zero attached hydrogens (tertiary/aromatic N) is 1. The first kappa shape index (κ1) is 19.7. The van der Waals surface area contributed by atoms with Crippen LogP contribution in [0.2, 0.25) is 0 Å². The van der Waals surface area contributed by atoms with Crippen molar-refractivity contribution in [2.45, 2.75) is 19.4 Å². The van der Waals surface area contributed by atoms with Crippen molar-refractivity contribution >= 4 is 17.6 Å². The summed E-state index contributed by atoms with van der Waals surface area (Å²) in [6.07, 6.45) is 0.0700. The molecule has 3 N–H and O–H groups in total. The quantitative estimate of drug-likeness (QED) is 0.382. The fourth-order valence-corrected chi connectivity index (χ4v) is 2.40. The molecule has 0 heterocycles. The summed E-state index contributed by atoms with van der Waals surface area (Å²) in [5, 5.41) is 32.6. The molecule has 1 unspecified atom stereocenters. The van der Waals surface area contributed by atoms with Gasteiger partial charge in [-0.15, -0.1) is 0 Å². The number of phenols is 2. The van der Waals surface area contributed by atoms with E-state index >= 15 is 0 Å². The van der Waals surface area contributed by atoms with Crippen molar-refractivity contribution in [2.24, 2.45) is 0 Å². The van der Waals surface area contributed by atoms with E-state index in [9.17, 15) is 29.9 Å². The Balaban J connectivity index is 2.25. The van der Waals surface area contributed by atoms with Crippen LogP contribution < -0.4 is 5.32 Å². The Hall–Kier alpha value is -3.62. The smallest absolute Gasteiger partial charge is 0.328 e. The van der Waals surface area contributed by atoms with Crippen LogP contribution in [0.3, 0.4) is 0 Å². The minimum atomic E-state index is -1.08. The van der Waals surface area contributed by atoms with Gasteiger partial charge >= 0.3 is 11.7 Å². The number of carbonyl (C=O) groups excluding carboxylic acids is 2. The van der Waals surface area contributed by atoms with E-state index in [4.69, 9.17) is 4.74 Å². The molecule has 0 aromatic heterocycles. The number of esters is 1. The number of phenolic OH excluding ortho intramolecular Hbond substituents is 2. The number of hydrogen-bond donors (Lipinski definition) is 3. The van der Waals surface area contributed by atoms with Gasteiger partial charge < -0.3 is 20.3 Å². The Labute approximate surface area is 154 Å². The molecule has 1 atom stereocenters. The first-order valence-electron chi connectivity index (χ1n) is 8.05. The fourth-order valence-electron chi connectivity index (χ4n) is 2.40. The number of ether oxygens (including phenoxy) is 1. The summed E-state index contributed by atoms with van der Waals surface area (Å²) >= 11 is 0. The second-order valence-electron chi connectivity index (χ2n) is 5.58. The number of benzene rings is 2. The molecule has 2 aromatic carbocycles. The lowest BCUT2D eigenvalue weighted by molar-refractivity contribution is -0.385. The Morgan fingerprint density at radius 2 is 1.85 bits per heavy atom. The van der Waals surface area contributed by atoms with Gasteiger partial charge in [0.05, 0.1) is 17.1 Å². The number of nitro benzene ring substituents is 1. The Morgan fingerprint density at radius 3 is 2.44 bits per heavy atom. The highest BCUT2D eigenvalue weighted by Crippen LogP contribution is 2.29. The lowest BCUT2D eigenvalue weighted by Gasteiger charge is -2.18. The van der Waals surface area contributed by atoms with Gasteiger partial charge in [0.2, 0.25) is 5.75 Å². The molecule has 0 bridgehead atoms. The van der Waals surface area contributed by atoms with E-state index in [2.05, 4.69) is 5.32 Å². The van der Waals surface area contributed by atoms with Crippen LogP contribution in [0.25, 0.3) is 0 Å². The monoisotopic (exact) mass is 374 g/mol. The fraction of sp³-hybridized carbons (Fsp3) is 0.222. The topological polar surface area (TPSA) is 139 Å². The summed E-state index contributed by atoms with van der Waals surface area (Å²) in [7, 11) is 0. The Morgan fingerprint density at radius 1 is 1.19 bits per heavy atom. The van der Waals surface area contributed by atoms with Crippen LogP contribution in [0.15, 0.2) is 42.5 Å². The Bertz CT molecular complexity index is 849. The number of para-hydroxylation sites is 1. The van der Waals surface area contributed by atoms with Crippen molar-refractivity contribution in [1.82, 2.24) is 5.32 Å². The number of amides is 1. The first-order valence-corrected chi connectivity index (χ1v) is 8.05. The second kappa shape index (κ2) is 8.65. The minimum absolute atomic E-state index is 0.0528. The third kappa shape index (κ3) is 4.94. The maximum Gasteiger partial charge on any atom is 0.328 e. The van der Waals surface area contributed by atoms with Gasteiger partial charge in [-0.25, -0.2) is 4.79 Å². The molecule has 9 nitrogen and oxygen atoms in total. The van der Waals surface area contributed by atoms with Crippen LogP contribution in [-0.2, 0) is 16.0 Å². The lowest BCUT2D eigenvalue weighted by Crippen LogP contribution is -2.43. The molecule has 0 saturated carbocycles. The minimum Gasteiger partial charge on any atom is -0.508 e. The largest absolute Gasteiger partial charge is 0.508 e. The standard InChI is InChI=1S/C18H18N2O7/c1-2-27-18(24)14(10-11-6-8-12(21)9-7-11)19-17(23)13-4-3-5-15(16(13)22)20(25)26/h3-9,14,21-22H,2,10H2,1H3,(H,19,23). The molecule has 0 radical (unpaired) electrons. The van der Waals surface area contributed by atoms with E-state index in [-0.39, 0.29) is 24.3 Å². The zero-order valence-electron chi connectivity index (χ0n) is 14.4. The normalized spacial score (nSPS) is 11.4. The molecule has 27 heavy (non-hydrogen) atoms. The van der Waals surface area contributed by atoms with Crippen molar-refractivity contribution in [1.29, 1.82) is 0 Å². The second-order valence-corrected chi connectivity index (χ2v) is 5.58. The van der Waals surface area contributed by atoms with Gasteiger partial charge in [-0.2, -0.15) is 0 Å². The van der Waals surface area contributed by atoms with Crippen molar-refractivity contribution in [2.75, 3.05) is 6.61 Å². The van der Waals surface area contributed by atoms with Gasteiger partial charge in [-0.05, 0) is 30.7 Å². The van der Waals surface area contributed by atoms with E-state index in [0.29, 0.717) is 5.56 Å². The van der Waals surface area contributed by atoms with Crippen LogP contribution in [0.5, 0.6) is 11.5 Å². The van der Waals surface area contributed by atoms with Gasteiger partial charge in [0.25, 0.3) is 5.91 Å². The third-order valence-corrected chi connectivity index (χ3v) is 3.71. The maximum absolute atomic E-state index is 12.5. The average Bonchev–Trinajstić information content (AvgIpc) is 2.63. The number of nitro groups is 1. The third-order valence-electron chi connectivity index (χ3n) is 3.71. The molecule has 0 spiro atoms. The number of rotatable bonds is 7. The summed E-state index contributed by atoms with van der Waals surface area (Å²) in [5.41, 5.74) is -0.299. The summed E-state index contributed by atoms with van der Waals surface area (Å²) in [5.74, 6) is -2.28. The summed E-state index contributed by atoms with van der Waals surface area (Å²) in [6.45, 7) is 1.71. The highest BCUT2D eigenvalue weighted by Gasteiger charge is 2.26.